The van der Waals surface area contributed by atoms with Crippen molar-refractivity contribution < 1.29 is 4.74 Å². The highest BCUT2D eigenvalue weighted by molar-refractivity contribution is 5.71. The quantitative estimate of drug-likeness (QED) is 0.593. The van der Waals surface area contributed by atoms with E-state index >= 15 is 0 Å². The number of nitrogens with zero attached hydrogens (tertiary/aromatic N) is 1. The molecule has 101 valence electrons. The zero-order valence-electron chi connectivity index (χ0n) is 11.7. The van der Waals surface area contributed by atoms with Crippen molar-refractivity contribution in [2.45, 2.75) is 38.0 Å². The minimum Gasteiger partial charge on any atom is -0.453 e. The zero-order valence-corrected chi connectivity index (χ0v) is 11.7. The number of rotatable bonds is 1. The lowest BCUT2D eigenvalue weighted by molar-refractivity contribution is 0.455. The van der Waals surface area contributed by atoms with Crippen LogP contribution in [0.3, 0.4) is 0 Å². The molecule has 2 nitrogen and oxygen atoms in total. The molecule has 0 saturated heterocycles. The molecule has 2 aliphatic rings. The van der Waals surface area contributed by atoms with E-state index < -0.39 is 0 Å². The maximum atomic E-state index is 6.03. The highest BCUT2D eigenvalue weighted by Gasteiger charge is 2.35. The van der Waals surface area contributed by atoms with E-state index in [1.54, 1.807) is 0 Å². The molecule has 0 atom stereocenters. The van der Waals surface area contributed by atoms with Crippen LogP contribution in [0.2, 0.25) is 0 Å². The Balaban J connectivity index is 1.82. The van der Waals surface area contributed by atoms with E-state index in [0.717, 1.165) is 22.9 Å². The molecule has 2 aromatic rings. The molecule has 0 spiro atoms. The molecule has 20 heavy (non-hydrogen) atoms. The summed E-state index contributed by atoms with van der Waals surface area (Å²) in [6.45, 7) is 2.37. The summed E-state index contributed by atoms with van der Waals surface area (Å²) in [5.74, 6) is 1.75. The number of fused-ring (bicyclic) bond motifs is 2. The number of hydrogen-bond acceptors (Lipinski definition) is 1. The van der Waals surface area contributed by atoms with Gasteiger partial charge < -0.3 is 4.74 Å². The van der Waals surface area contributed by atoms with E-state index in [1.807, 2.05) is 30.3 Å². The Hall–Kier alpha value is -1.96. The smallest absolute Gasteiger partial charge is 0.153 e. The average molecular weight is 264 g/mol. The van der Waals surface area contributed by atoms with Crippen molar-refractivity contribution in [1.29, 1.82) is 0 Å². The average Bonchev–Trinajstić information content (AvgIpc) is 2.92. The Morgan fingerprint density at radius 2 is 1.70 bits per heavy atom. The van der Waals surface area contributed by atoms with Gasteiger partial charge in [-0.3, -0.25) is 0 Å². The van der Waals surface area contributed by atoms with Crippen LogP contribution in [0.4, 0.5) is 11.4 Å². The number of hydrogen-bond donors (Lipinski definition) is 0. The first kappa shape index (κ1) is 11.8. The minimum absolute atomic E-state index is 0.254. The normalized spacial score (nSPS) is 18.6. The molecule has 4 rings (SSSR count). The topological polar surface area (TPSA) is 23.3 Å². The molecule has 1 aliphatic carbocycles. The second-order valence-corrected chi connectivity index (χ2v) is 6.10. The highest BCUT2D eigenvalue weighted by atomic mass is 16.5. The van der Waals surface area contributed by atoms with Crippen molar-refractivity contribution in [1.82, 2.24) is 5.32 Å². The Morgan fingerprint density at radius 3 is 2.55 bits per heavy atom. The third kappa shape index (κ3) is 1.71. The van der Waals surface area contributed by atoms with Crippen molar-refractivity contribution in [3.63, 3.8) is 0 Å². The second kappa shape index (κ2) is 4.27. The lowest BCUT2D eigenvalue weighted by atomic mass is 9.79. The number of ether oxygens (including phenoxy) is 1. The largest absolute Gasteiger partial charge is 0.453 e. The molecule has 1 aliphatic heterocycles. The van der Waals surface area contributed by atoms with E-state index in [1.165, 1.54) is 31.2 Å². The van der Waals surface area contributed by atoms with Gasteiger partial charge in [0.05, 0.1) is 0 Å². The van der Waals surface area contributed by atoms with Crippen LogP contribution in [-0.4, -0.2) is 0 Å². The third-order valence-corrected chi connectivity index (χ3v) is 4.67. The molecule has 1 saturated carbocycles. The van der Waals surface area contributed by atoms with Crippen molar-refractivity contribution in [2.24, 2.45) is 0 Å². The highest BCUT2D eigenvalue weighted by Crippen LogP contribution is 2.50. The molecular weight excluding hydrogens is 246 g/mol. The number of para-hydroxylation sites is 3. The number of benzene rings is 2. The first-order valence-electron chi connectivity index (χ1n) is 7.38. The van der Waals surface area contributed by atoms with Crippen LogP contribution in [-0.2, 0) is 5.41 Å². The van der Waals surface area contributed by atoms with Crippen molar-refractivity contribution in [2.75, 3.05) is 0 Å². The van der Waals surface area contributed by atoms with Crippen molar-refractivity contribution in [3.8, 4) is 11.5 Å². The molecule has 0 aromatic heterocycles. The van der Waals surface area contributed by atoms with Gasteiger partial charge in [-0.05, 0) is 42.0 Å². The van der Waals surface area contributed by atoms with Gasteiger partial charge in [-0.15, -0.1) is 0 Å². The standard InChI is InChI=1S/C18H18NO/c1-18(11-4-5-12-18)13-7-6-10-16-17(13)19-14-8-2-3-9-15(14)20-16/h2-3,6-10H,4-5,11-12H2,1H3. The first-order chi connectivity index (χ1) is 9.76. The van der Waals surface area contributed by atoms with Gasteiger partial charge in [0.2, 0.25) is 0 Å². The van der Waals surface area contributed by atoms with Crippen LogP contribution in [0, 0.1) is 0 Å². The van der Waals surface area contributed by atoms with Gasteiger partial charge in [-0.25, -0.2) is 5.32 Å². The van der Waals surface area contributed by atoms with Crippen molar-refractivity contribution in [3.05, 3.63) is 48.0 Å². The van der Waals surface area contributed by atoms with Crippen LogP contribution in [0.5, 0.6) is 11.5 Å². The molecule has 1 fully saturated rings. The molecule has 0 N–H and O–H groups in total. The molecule has 0 amide bonds. The molecule has 2 aromatic carbocycles. The predicted molar refractivity (Wildman–Crippen MR) is 80.2 cm³/mol. The van der Waals surface area contributed by atoms with E-state index in [2.05, 4.69) is 19.1 Å². The summed E-state index contributed by atoms with van der Waals surface area (Å²) < 4.78 is 6.03. The Labute approximate surface area is 119 Å². The van der Waals surface area contributed by atoms with E-state index in [-0.39, 0.29) is 5.41 Å². The van der Waals surface area contributed by atoms with Crippen LogP contribution in [0.1, 0.15) is 38.2 Å². The minimum atomic E-state index is 0.254. The van der Waals surface area contributed by atoms with Crippen LogP contribution in [0.25, 0.3) is 0 Å². The van der Waals surface area contributed by atoms with E-state index in [9.17, 15) is 0 Å². The first-order valence-corrected chi connectivity index (χ1v) is 7.38. The fourth-order valence-corrected chi connectivity index (χ4v) is 3.51. The SMILES string of the molecule is CC1(c2cccc3c2[N]c2ccccc2O3)CCCC1. The van der Waals surface area contributed by atoms with Gasteiger partial charge in [0.25, 0.3) is 0 Å². The summed E-state index contributed by atoms with van der Waals surface area (Å²) in [4.78, 5) is 0. The Kier molecular flexibility index (Phi) is 2.53. The molecule has 1 radical (unpaired) electrons. The van der Waals surface area contributed by atoms with Gasteiger partial charge in [0.15, 0.2) is 11.5 Å². The Bertz CT molecular complexity index is 656. The fourth-order valence-electron chi connectivity index (χ4n) is 3.51. The maximum absolute atomic E-state index is 6.03. The summed E-state index contributed by atoms with van der Waals surface area (Å²) in [6, 6.07) is 14.3. The third-order valence-electron chi connectivity index (χ3n) is 4.67. The molecule has 1 heterocycles. The van der Waals surface area contributed by atoms with Gasteiger partial charge in [-0.1, -0.05) is 44.0 Å². The van der Waals surface area contributed by atoms with Crippen LogP contribution >= 0.6 is 0 Å². The van der Waals surface area contributed by atoms with E-state index in [0.29, 0.717) is 0 Å². The fraction of sp³-hybridized carbons (Fsp3) is 0.333. The van der Waals surface area contributed by atoms with Crippen LogP contribution in [0.15, 0.2) is 42.5 Å². The molecular formula is C18H18NO. The van der Waals surface area contributed by atoms with Gasteiger partial charge in [-0.2, -0.15) is 0 Å². The summed E-state index contributed by atoms with van der Waals surface area (Å²) in [6.07, 6.45) is 5.14. The van der Waals surface area contributed by atoms with Gasteiger partial charge in [0.1, 0.15) is 11.4 Å². The lowest BCUT2D eigenvalue weighted by Crippen LogP contribution is -2.19. The molecule has 2 heteroatoms. The molecule has 0 unspecified atom stereocenters. The second-order valence-electron chi connectivity index (χ2n) is 6.10. The monoisotopic (exact) mass is 264 g/mol. The summed E-state index contributed by atoms with van der Waals surface area (Å²) >= 11 is 0. The lowest BCUT2D eigenvalue weighted by Gasteiger charge is -2.30. The maximum Gasteiger partial charge on any atom is 0.153 e. The van der Waals surface area contributed by atoms with E-state index in [4.69, 9.17) is 10.1 Å². The summed E-state index contributed by atoms with van der Waals surface area (Å²) in [7, 11) is 0. The zero-order chi connectivity index (χ0) is 13.6. The van der Waals surface area contributed by atoms with Crippen molar-refractivity contribution >= 4 is 11.4 Å². The predicted octanol–water partition coefficient (Wildman–Crippen LogP) is 5.19. The summed E-state index contributed by atoms with van der Waals surface area (Å²) in [5, 5.41) is 4.87. The summed E-state index contributed by atoms with van der Waals surface area (Å²) in [5.41, 5.74) is 3.58. The molecule has 0 bridgehead atoms. The van der Waals surface area contributed by atoms with Gasteiger partial charge in [0, 0.05) is 0 Å². The van der Waals surface area contributed by atoms with Crippen LogP contribution < -0.4 is 10.1 Å². The van der Waals surface area contributed by atoms with Gasteiger partial charge >= 0.3 is 0 Å². The Morgan fingerprint density at radius 1 is 0.950 bits per heavy atom.